The summed E-state index contributed by atoms with van der Waals surface area (Å²) < 4.78 is 22.8. The lowest BCUT2D eigenvalue weighted by Gasteiger charge is -2.25. The van der Waals surface area contributed by atoms with E-state index in [4.69, 9.17) is 5.14 Å². The van der Waals surface area contributed by atoms with E-state index in [9.17, 15) is 13.2 Å². The van der Waals surface area contributed by atoms with Gasteiger partial charge >= 0.3 is 0 Å². The van der Waals surface area contributed by atoms with Crippen LogP contribution in [-0.2, 0) is 16.4 Å². The van der Waals surface area contributed by atoms with Crippen molar-refractivity contribution in [2.24, 2.45) is 11.1 Å². The van der Waals surface area contributed by atoms with E-state index in [0.29, 0.717) is 18.5 Å². The molecular weight excluding hydrogens is 288 g/mol. The number of amides is 1. The Morgan fingerprint density at radius 3 is 2.62 bits per heavy atom. The number of sulfonamides is 1. The number of aryl methyl sites for hydroxylation is 1. The Morgan fingerprint density at radius 2 is 2.10 bits per heavy atom. The van der Waals surface area contributed by atoms with Gasteiger partial charge in [-0.1, -0.05) is 32.3 Å². The molecule has 0 aliphatic heterocycles. The molecular formula is C15H22N2O3S. The number of benzene rings is 1. The first-order chi connectivity index (χ1) is 9.91. The van der Waals surface area contributed by atoms with Crippen LogP contribution in [0.5, 0.6) is 0 Å². The molecule has 0 saturated heterocycles. The molecule has 3 N–H and O–H groups in total. The van der Waals surface area contributed by atoms with Crippen LogP contribution in [0.15, 0.2) is 23.1 Å². The van der Waals surface area contributed by atoms with Crippen LogP contribution in [0.1, 0.15) is 48.5 Å². The minimum atomic E-state index is -3.79. The van der Waals surface area contributed by atoms with Crippen molar-refractivity contribution in [2.75, 3.05) is 6.54 Å². The maximum atomic E-state index is 12.2. The van der Waals surface area contributed by atoms with Crippen molar-refractivity contribution >= 4 is 15.9 Å². The van der Waals surface area contributed by atoms with Crippen molar-refractivity contribution in [1.29, 1.82) is 0 Å². The van der Waals surface area contributed by atoms with Gasteiger partial charge in [-0.2, -0.15) is 0 Å². The van der Waals surface area contributed by atoms with Crippen LogP contribution in [0.3, 0.4) is 0 Å². The predicted molar refractivity (Wildman–Crippen MR) is 81.5 cm³/mol. The van der Waals surface area contributed by atoms with Crippen LogP contribution in [0.25, 0.3) is 0 Å². The molecule has 0 atom stereocenters. The standard InChI is InChI=1S/C15H22N2O3S/c1-2-12-6-7-13(21(16,19)20)10-14(12)15(18)17-9-8-11-4-3-5-11/h6-7,10-11H,2-5,8-9H2,1H3,(H,17,18)(H2,16,19,20). The predicted octanol–water partition coefficient (Wildman–Crippen LogP) is 1.82. The number of rotatable bonds is 6. The van der Waals surface area contributed by atoms with E-state index in [1.807, 2.05) is 6.92 Å². The fourth-order valence-electron chi connectivity index (χ4n) is 2.52. The molecule has 6 heteroatoms. The van der Waals surface area contributed by atoms with Gasteiger partial charge in [-0.15, -0.1) is 0 Å². The summed E-state index contributed by atoms with van der Waals surface area (Å²) in [6.07, 6.45) is 5.43. The highest BCUT2D eigenvalue weighted by Gasteiger charge is 2.18. The Kier molecular flexibility index (Phi) is 5.00. The Hall–Kier alpha value is -1.40. The third-order valence-electron chi connectivity index (χ3n) is 4.10. The summed E-state index contributed by atoms with van der Waals surface area (Å²) in [6.45, 7) is 2.56. The largest absolute Gasteiger partial charge is 0.352 e. The topological polar surface area (TPSA) is 89.3 Å². The smallest absolute Gasteiger partial charge is 0.251 e. The van der Waals surface area contributed by atoms with E-state index in [0.717, 1.165) is 17.9 Å². The first-order valence-electron chi connectivity index (χ1n) is 7.35. The van der Waals surface area contributed by atoms with Gasteiger partial charge in [0.2, 0.25) is 10.0 Å². The average molecular weight is 310 g/mol. The lowest BCUT2D eigenvalue weighted by Crippen LogP contribution is -2.28. The van der Waals surface area contributed by atoms with Crippen molar-refractivity contribution in [3.63, 3.8) is 0 Å². The summed E-state index contributed by atoms with van der Waals surface area (Å²) in [4.78, 5) is 12.2. The van der Waals surface area contributed by atoms with Gasteiger partial charge in [-0.3, -0.25) is 4.79 Å². The summed E-state index contributed by atoms with van der Waals surface area (Å²) in [6, 6.07) is 4.47. The molecule has 5 nitrogen and oxygen atoms in total. The van der Waals surface area contributed by atoms with E-state index in [1.165, 1.54) is 31.4 Å². The molecule has 0 heterocycles. The Balaban J connectivity index is 2.09. The van der Waals surface area contributed by atoms with Crippen LogP contribution < -0.4 is 10.5 Å². The van der Waals surface area contributed by atoms with Crippen LogP contribution >= 0.6 is 0 Å². The van der Waals surface area contributed by atoms with Crippen molar-refractivity contribution in [3.05, 3.63) is 29.3 Å². The number of nitrogens with two attached hydrogens (primary N) is 1. The highest BCUT2D eigenvalue weighted by Crippen LogP contribution is 2.28. The van der Waals surface area contributed by atoms with E-state index in [2.05, 4.69) is 5.32 Å². The number of nitrogens with one attached hydrogen (secondary N) is 1. The molecule has 21 heavy (non-hydrogen) atoms. The molecule has 116 valence electrons. The number of hydrogen-bond acceptors (Lipinski definition) is 3. The molecule has 0 aromatic heterocycles. The highest BCUT2D eigenvalue weighted by atomic mass is 32.2. The summed E-state index contributed by atoms with van der Waals surface area (Å²) in [5.74, 6) is 0.503. The zero-order valence-corrected chi connectivity index (χ0v) is 13.1. The lowest BCUT2D eigenvalue weighted by atomic mass is 9.83. The van der Waals surface area contributed by atoms with Crippen molar-refractivity contribution in [1.82, 2.24) is 5.32 Å². The lowest BCUT2D eigenvalue weighted by molar-refractivity contribution is 0.0948. The Morgan fingerprint density at radius 1 is 1.38 bits per heavy atom. The maximum Gasteiger partial charge on any atom is 0.251 e. The number of carbonyl (C=O) groups excluding carboxylic acids is 1. The summed E-state index contributed by atoms with van der Waals surface area (Å²) in [5.41, 5.74) is 1.22. The van der Waals surface area contributed by atoms with Gasteiger partial charge in [0.15, 0.2) is 0 Å². The fraction of sp³-hybridized carbons (Fsp3) is 0.533. The Bertz CT molecular complexity index is 622. The van der Waals surface area contributed by atoms with Gasteiger partial charge in [0, 0.05) is 12.1 Å². The van der Waals surface area contributed by atoms with Crippen molar-refractivity contribution < 1.29 is 13.2 Å². The number of primary sulfonamides is 1. The average Bonchev–Trinajstić information content (AvgIpc) is 2.39. The molecule has 1 amide bonds. The third-order valence-corrected chi connectivity index (χ3v) is 5.01. The Labute approximate surface area is 126 Å². The van der Waals surface area contributed by atoms with Gasteiger partial charge in [-0.25, -0.2) is 13.6 Å². The molecule has 0 radical (unpaired) electrons. The summed E-state index contributed by atoms with van der Waals surface area (Å²) in [5, 5.41) is 8.00. The zero-order chi connectivity index (χ0) is 15.5. The van der Waals surface area contributed by atoms with E-state index in [-0.39, 0.29) is 10.8 Å². The van der Waals surface area contributed by atoms with Gasteiger partial charge in [-0.05, 0) is 36.5 Å². The van der Waals surface area contributed by atoms with Crippen LogP contribution in [-0.4, -0.2) is 20.9 Å². The molecule has 0 unspecified atom stereocenters. The minimum Gasteiger partial charge on any atom is -0.352 e. The quantitative estimate of drug-likeness (QED) is 0.840. The maximum absolute atomic E-state index is 12.2. The van der Waals surface area contributed by atoms with Gasteiger partial charge in [0.1, 0.15) is 0 Å². The molecule has 1 aromatic rings. The molecule has 1 aromatic carbocycles. The van der Waals surface area contributed by atoms with Crippen LogP contribution in [0, 0.1) is 5.92 Å². The van der Waals surface area contributed by atoms with Crippen LogP contribution in [0.2, 0.25) is 0 Å². The van der Waals surface area contributed by atoms with Crippen molar-refractivity contribution in [2.45, 2.75) is 43.9 Å². The molecule has 1 aliphatic carbocycles. The van der Waals surface area contributed by atoms with E-state index >= 15 is 0 Å². The molecule has 0 bridgehead atoms. The fourth-order valence-corrected chi connectivity index (χ4v) is 3.06. The molecule has 2 rings (SSSR count). The SMILES string of the molecule is CCc1ccc(S(N)(=O)=O)cc1C(=O)NCCC1CCC1. The van der Waals surface area contributed by atoms with E-state index in [1.54, 1.807) is 6.07 Å². The first kappa shape index (κ1) is 16.0. The van der Waals surface area contributed by atoms with Crippen molar-refractivity contribution in [3.8, 4) is 0 Å². The third kappa shape index (κ3) is 4.04. The van der Waals surface area contributed by atoms with Crippen LogP contribution in [0.4, 0.5) is 0 Å². The second-order valence-corrected chi connectivity index (χ2v) is 7.12. The summed E-state index contributed by atoms with van der Waals surface area (Å²) >= 11 is 0. The second-order valence-electron chi connectivity index (χ2n) is 5.56. The van der Waals surface area contributed by atoms with E-state index < -0.39 is 10.0 Å². The molecule has 1 fully saturated rings. The zero-order valence-electron chi connectivity index (χ0n) is 12.3. The second kappa shape index (κ2) is 6.58. The number of hydrogen-bond donors (Lipinski definition) is 2. The van der Waals surface area contributed by atoms with Gasteiger partial charge in [0.25, 0.3) is 5.91 Å². The highest BCUT2D eigenvalue weighted by molar-refractivity contribution is 7.89. The first-order valence-corrected chi connectivity index (χ1v) is 8.90. The minimum absolute atomic E-state index is 0.0242. The molecule has 0 spiro atoms. The summed E-state index contributed by atoms with van der Waals surface area (Å²) in [7, 11) is -3.79. The van der Waals surface area contributed by atoms with Gasteiger partial charge < -0.3 is 5.32 Å². The number of carbonyl (C=O) groups is 1. The molecule has 1 saturated carbocycles. The normalized spacial score (nSPS) is 15.5. The van der Waals surface area contributed by atoms with Gasteiger partial charge in [0.05, 0.1) is 4.90 Å². The monoisotopic (exact) mass is 310 g/mol. The molecule has 1 aliphatic rings.